The van der Waals surface area contributed by atoms with Gasteiger partial charge in [0.05, 0.1) is 0 Å². The Balaban J connectivity index is 1.67. The number of nitrogens with zero attached hydrogens (tertiary/aromatic N) is 1. The molecule has 0 saturated heterocycles. The number of nitrogens with one attached hydrogen (secondary N) is 1. The van der Waals surface area contributed by atoms with Crippen LogP contribution in [-0.2, 0) is 4.79 Å². The highest BCUT2D eigenvalue weighted by atomic mass is 79.9. The third-order valence-corrected chi connectivity index (χ3v) is 4.29. The number of pyridine rings is 1. The smallest absolute Gasteiger partial charge is 0.262 e. The lowest BCUT2D eigenvalue weighted by Crippen LogP contribution is -2.20. The maximum absolute atomic E-state index is 12.0. The molecule has 1 heterocycles. The molecule has 0 bridgehead atoms. The molecule has 3 rings (SSSR count). The molecule has 0 aliphatic rings. The Morgan fingerprint density at radius 3 is 2.87 bits per heavy atom. The quantitative estimate of drug-likeness (QED) is 0.743. The fourth-order valence-electron chi connectivity index (χ4n) is 2.26. The van der Waals surface area contributed by atoms with Crippen molar-refractivity contribution < 1.29 is 9.53 Å². The zero-order valence-corrected chi connectivity index (χ0v) is 14.1. The minimum absolute atomic E-state index is 0.0647. The molecule has 0 saturated carbocycles. The lowest BCUT2D eigenvalue weighted by atomic mass is 10.2. The number of aryl methyl sites for hydroxylation is 1. The highest BCUT2D eigenvalue weighted by Gasteiger charge is 2.07. The second-order valence-corrected chi connectivity index (χ2v) is 5.99. The van der Waals surface area contributed by atoms with Gasteiger partial charge in [-0.15, -0.1) is 0 Å². The molecule has 0 fully saturated rings. The highest BCUT2D eigenvalue weighted by molar-refractivity contribution is 9.10. The van der Waals surface area contributed by atoms with Crippen molar-refractivity contribution in [3.05, 3.63) is 64.8 Å². The van der Waals surface area contributed by atoms with Crippen LogP contribution in [0.3, 0.4) is 0 Å². The standard InChI is InChI=1S/C18H15BrN2O2/c1-12-10-14(7-8-15(12)19)21-17(22)11-23-16-6-2-4-13-5-3-9-20-18(13)16/h2-10H,11H2,1H3,(H,21,22). The Kier molecular flexibility index (Phi) is 4.57. The number of hydrogen-bond acceptors (Lipinski definition) is 3. The van der Waals surface area contributed by atoms with Gasteiger partial charge >= 0.3 is 0 Å². The number of benzene rings is 2. The van der Waals surface area contributed by atoms with Crippen molar-refractivity contribution >= 4 is 38.4 Å². The Morgan fingerprint density at radius 2 is 2.04 bits per heavy atom. The molecule has 1 N–H and O–H groups in total. The summed E-state index contributed by atoms with van der Waals surface area (Å²) in [6, 6.07) is 15.1. The Bertz CT molecular complexity index is 859. The number of rotatable bonds is 4. The summed E-state index contributed by atoms with van der Waals surface area (Å²) in [5.74, 6) is 0.393. The first-order valence-electron chi connectivity index (χ1n) is 7.16. The number of amides is 1. The van der Waals surface area contributed by atoms with Gasteiger partial charge in [-0.05, 0) is 42.8 Å². The fraction of sp³-hybridized carbons (Fsp3) is 0.111. The zero-order valence-electron chi connectivity index (χ0n) is 12.5. The zero-order chi connectivity index (χ0) is 16.2. The number of aromatic nitrogens is 1. The number of carbonyl (C=O) groups excluding carboxylic acids is 1. The van der Waals surface area contributed by atoms with Crippen LogP contribution in [0.2, 0.25) is 0 Å². The molecular weight excluding hydrogens is 356 g/mol. The molecule has 0 atom stereocenters. The Labute approximate surface area is 142 Å². The molecule has 1 aromatic heterocycles. The van der Waals surface area contributed by atoms with Crippen LogP contribution in [0.25, 0.3) is 10.9 Å². The monoisotopic (exact) mass is 370 g/mol. The minimum atomic E-state index is -0.209. The fourth-order valence-corrected chi connectivity index (χ4v) is 2.50. The van der Waals surface area contributed by atoms with Crippen molar-refractivity contribution in [3.8, 4) is 5.75 Å². The van der Waals surface area contributed by atoms with E-state index in [1.165, 1.54) is 0 Å². The number of fused-ring (bicyclic) bond motifs is 1. The van der Waals surface area contributed by atoms with Crippen molar-refractivity contribution in [1.29, 1.82) is 0 Å². The summed E-state index contributed by atoms with van der Waals surface area (Å²) in [4.78, 5) is 16.4. The molecule has 0 unspecified atom stereocenters. The molecule has 0 aliphatic carbocycles. The van der Waals surface area contributed by atoms with Gasteiger partial charge in [-0.1, -0.05) is 34.1 Å². The van der Waals surface area contributed by atoms with Crippen LogP contribution in [0.1, 0.15) is 5.56 Å². The van der Waals surface area contributed by atoms with Crippen molar-refractivity contribution in [2.75, 3.05) is 11.9 Å². The number of carbonyl (C=O) groups is 1. The Hall–Kier alpha value is -2.40. The molecule has 4 nitrogen and oxygen atoms in total. The van der Waals surface area contributed by atoms with Crippen LogP contribution in [0.5, 0.6) is 5.75 Å². The van der Waals surface area contributed by atoms with Gasteiger partial charge in [0.15, 0.2) is 6.61 Å². The topological polar surface area (TPSA) is 51.2 Å². The van der Waals surface area contributed by atoms with Crippen molar-refractivity contribution in [2.24, 2.45) is 0 Å². The predicted molar refractivity (Wildman–Crippen MR) is 94.7 cm³/mol. The average Bonchev–Trinajstić information content (AvgIpc) is 2.56. The molecule has 5 heteroatoms. The lowest BCUT2D eigenvalue weighted by Gasteiger charge is -2.10. The van der Waals surface area contributed by atoms with Crippen molar-refractivity contribution in [1.82, 2.24) is 4.98 Å². The summed E-state index contributed by atoms with van der Waals surface area (Å²) in [6.07, 6.45) is 1.71. The largest absolute Gasteiger partial charge is 0.481 e. The number of para-hydroxylation sites is 1. The van der Waals surface area contributed by atoms with E-state index in [9.17, 15) is 4.79 Å². The second kappa shape index (κ2) is 6.79. The summed E-state index contributed by atoms with van der Waals surface area (Å²) < 4.78 is 6.63. The van der Waals surface area contributed by atoms with E-state index < -0.39 is 0 Å². The van der Waals surface area contributed by atoms with E-state index in [0.717, 1.165) is 26.6 Å². The van der Waals surface area contributed by atoms with Gasteiger partial charge in [-0.3, -0.25) is 9.78 Å². The molecule has 0 aliphatic heterocycles. The molecule has 2 aromatic carbocycles. The van der Waals surface area contributed by atoms with E-state index in [1.54, 1.807) is 6.20 Å². The van der Waals surface area contributed by atoms with Crippen LogP contribution in [0.4, 0.5) is 5.69 Å². The highest BCUT2D eigenvalue weighted by Crippen LogP contribution is 2.23. The molecule has 116 valence electrons. The number of anilines is 1. The van der Waals surface area contributed by atoms with Gasteiger partial charge < -0.3 is 10.1 Å². The maximum Gasteiger partial charge on any atom is 0.262 e. The van der Waals surface area contributed by atoms with Crippen LogP contribution in [0.15, 0.2) is 59.2 Å². The SMILES string of the molecule is Cc1cc(NC(=O)COc2cccc3cccnc23)ccc1Br. The number of ether oxygens (including phenoxy) is 1. The molecular formula is C18H15BrN2O2. The van der Waals surface area contributed by atoms with Crippen LogP contribution in [-0.4, -0.2) is 17.5 Å². The third-order valence-electron chi connectivity index (χ3n) is 3.40. The van der Waals surface area contributed by atoms with E-state index in [-0.39, 0.29) is 12.5 Å². The maximum atomic E-state index is 12.0. The van der Waals surface area contributed by atoms with E-state index in [2.05, 4.69) is 26.2 Å². The van der Waals surface area contributed by atoms with Crippen molar-refractivity contribution in [3.63, 3.8) is 0 Å². The van der Waals surface area contributed by atoms with E-state index >= 15 is 0 Å². The van der Waals surface area contributed by atoms with Gasteiger partial charge in [-0.2, -0.15) is 0 Å². The summed E-state index contributed by atoms with van der Waals surface area (Å²) in [5, 5.41) is 3.80. The number of hydrogen-bond donors (Lipinski definition) is 1. The second-order valence-electron chi connectivity index (χ2n) is 5.13. The molecule has 0 radical (unpaired) electrons. The van der Waals surface area contributed by atoms with E-state index in [0.29, 0.717) is 5.75 Å². The van der Waals surface area contributed by atoms with Gasteiger partial charge in [0.25, 0.3) is 5.91 Å². The molecule has 1 amide bonds. The summed E-state index contributed by atoms with van der Waals surface area (Å²) in [7, 11) is 0. The summed E-state index contributed by atoms with van der Waals surface area (Å²) >= 11 is 3.44. The first-order valence-corrected chi connectivity index (χ1v) is 7.95. The van der Waals surface area contributed by atoms with Crippen LogP contribution < -0.4 is 10.1 Å². The van der Waals surface area contributed by atoms with E-state index in [1.807, 2.05) is 55.5 Å². The summed E-state index contributed by atoms with van der Waals surface area (Å²) in [5.41, 5.74) is 2.56. The van der Waals surface area contributed by atoms with Crippen molar-refractivity contribution in [2.45, 2.75) is 6.92 Å². The molecule has 3 aromatic rings. The number of halogens is 1. The normalized spacial score (nSPS) is 10.5. The Morgan fingerprint density at radius 1 is 1.22 bits per heavy atom. The lowest BCUT2D eigenvalue weighted by molar-refractivity contribution is -0.118. The molecule has 0 spiro atoms. The first kappa shape index (κ1) is 15.5. The molecule has 23 heavy (non-hydrogen) atoms. The van der Waals surface area contributed by atoms with Gasteiger partial charge in [0, 0.05) is 21.7 Å². The van der Waals surface area contributed by atoms with Crippen LogP contribution >= 0.6 is 15.9 Å². The van der Waals surface area contributed by atoms with E-state index in [4.69, 9.17) is 4.74 Å². The van der Waals surface area contributed by atoms with Crippen LogP contribution in [0, 0.1) is 6.92 Å². The van der Waals surface area contributed by atoms with Gasteiger partial charge in [-0.25, -0.2) is 0 Å². The predicted octanol–water partition coefficient (Wildman–Crippen LogP) is 4.32. The third kappa shape index (κ3) is 3.68. The summed E-state index contributed by atoms with van der Waals surface area (Å²) in [6.45, 7) is 1.91. The minimum Gasteiger partial charge on any atom is -0.481 e. The van der Waals surface area contributed by atoms with Gasteiger partial charge in [0.1, 0.15) is 11.3 Å². The average molecular weight is 371 g/mol. The van der Waals surface area contributed by atoms with Gasteiger partial charge in [0.2, 0.25) is 0 Å². The first-order chi connectivity index (χ1) is 11.1.